The van der Waals surface area contributed by atoms with Crippen molar-refractivity contribution in [2.75, 3.05) is 0 Å². The highest BCUT2D eigenvalue weighted by Crippen LogP contribution is 2.38. The average Bonchev–Trinajstić information content (AvgIpc) is 2.34. The van der Waals surface area contributed by atoms with E-state index in [-0.39, 0.29) is 0 Å². The summed E-state index contributed by atoms with van der Waals surface area (Å²) in [6.07, 6.45) is 12.4. The van der Waals surface area contributed by atoms with Crippen LogP contribution in [0.4, 0.5) is 0 Å². The Kier molecular flexibility index (Phi) is 5.08. The van der Waals surface area contributed by atoms with E-state index in [1.807, 2.05) is 0 Å². The molecular formula is C16H28O2. The van der Waals surface area contributed by atoms with Crippen molar-refractivity contribution in [3.05, 3.63) is 0 Å². The van der Waals surface area contributed by atoms with Gasteiger partial charge in [0.2, 0.25) is 0 Å². The van der Waals surface area contributed by atoms with Gasteiger partial charge < -0.3 is 5.11 Å². The van der Waals surface area contributed by atoms with Gasteiger partial charge in [0.25, 0.3) is 0 Å². The Labute approximate surface area is 111 Å². The highest BCUT2D eigenvalue weighted by molar-refractivity contribution is 5.67. The summed E-state index contributed by atoms with van der Waals surface area (Å²) in [5.41, 5.74) is 0. The number of carbonyl (C=O) groups is 1. The molecule has 0 amide bonds. The first-order chi connectivity index (χ1) is 8.63. The van der Waals surface area contributed by atoms with Crippen molar-refractivity contribution < 1.29 is 9.90 Å². The van der Waals surface area contributed by atoms with Crippen molar-refractivity contribution in [2.45, 2.75) is 71.1 Å². The lowest BCUT2D eigenvalue weighted by Gasteiger charge is -2.33. The molecule has 0 aromatic heterocycles. The molecule has 2 rings (SSSR count). The van der Waals surface area contributed by atoms with Crippen LogP contribution in [0.3, 0.4) is 0 Å². The van der Waals surface area contributed by atoms with Gasteiger partial charge in [0, 0.05) is 6.42 Å². The molecule has 0 aliphatic heterocycles. The van der Waals surface area contributed by atoms with Crippen molar-refractivity contribution in [2.24, 2.45) is 23.7 Å². The number of carboxylic acid groups (broad SMARTS) is 1. The predicted molar refractivity (Wildman–Crippen MR) is 73.4 cm³/mol. The van der Waals surface area contributed by atoms with Crippen molar-refractivity contribution in [3.8, 4) is 0 Å². The molecule has 2 saturated carbocycles. The second-order valence-corrected chi connectivity index (χ2v) is 6.85. The molecule has 0 aromatic rings. The summed E-state index contributed by atoms with van der Waals surface area (Å²) in [6.45, 7) is 2.38. The van der Waals surface area contributed by atoms with Gasteiger partial charge in [0.15, 0.2) is 0 Å². The second-order valence-electron chi connectivity index (χ2n) is 6.85. The van der Waals surface area contributed by atoms with E-state index in [4.69, 9.17) is 5.11 Å². The van der Waals surface area contributed by atoms with Crippen molar-refractivity contribution >= 4 is 5.97 Å². The van der Waals surface area contributed by atoms with Crippen LogP contribution >= 0.6 is 0 Å². The zero-order chi connectivity index (χ0) is 13.0. The zero-order valence-corrected chi connectivity index (χ0v) is 11.7. The molecule has 0 saturated heterocycles. The third kappa shape index (κ3) is 4.29. The fourth-order valence-corrected chi connectivity index (χ4v) is 3.95. The highest BCUT2D eigenvalue weighted by atomic mass is 16.4. The van der Waals surface area contributed by atoms with Crippen molar-refractivity contribution in [1.29, 1.82) is 0 Å². The second kappa shape index (κ2) is 6.58. The number of aliphatic carboxylic acids is 1. The van der Waals surface area contributed by atoms with Crippen LogP contribution in [-0.4, -0.2) is 11.1 Å². The van der Waals surface area contributed by atoms with Crippen LogP contribution in [0.5, 0.6) is 0 Å². The minimum Gasteiger partial charge on any atom is -0.481 e. The monoisotopic (exact) mass is 252 g/mol. The van der Waals surface area contributed by atoms with E-state index < -0.39 is 5.97 Å². The van der Waals surface area contributed by atoms with Gasteiger partial charge >= 0.3 is 5.97 Å². The first-order valence-electron chi connectivity index (χ1n) is 7.85. The van der Waals surface area contributed by atoms with Gasteiger partial charge in [-0.2, -0.15) is 0 Å². The summed E-state index contributed by atoms with van der Waals surface area (Å²) in [5.74, 6) is 2.67. The van der Waals surface area contributed by atoms with Gasteiger partial charge in [-0.15, -0.1) is 0 Å². The van der Waals surface area contributed by atoms with Gasteiger partial charge in [0.05, 0.1) is 0 Å². The number of carboxylic acids is 1. The maximum Gasteiger partial charge on any atom is 0.303 e. The SMILES string of the molecule is CC1CCC(CC2CCC(CC(=O)O)CC2)CC1. The van der Waals surface area contributed by atoms with E-state index in [1.165, 1.54) is 44.9 Å². The van der Waals surface area contributed by atoms with E-state index in [9.17, 15) is 4.79 Å². The molecule has 18 heavy (non-hydrogen) atoms. The lowest BCUT2D eigenvalue weighted by atomic mass is 9.73. The standard InChI is InChI=1S/C16H28O2/c1-12-2-4-13(5-3-12)10-14-6-8-15(9-7-14)11-16(17)18/h12-15H,2-11H2,1H3,(H,17,18). The summed E-state index contributed by atoms with van der Waals surface area (Å²) in [7, 11) is 0. The molecule has 0 unspecified atom stereocenters. The van der Waals surface area contributed by atoms with Crippen LogP contribution in [0, 0.1) is 23.7 Å². The van der Waals surface area contributed by atoms with Gasteiger partial charge in [-0.05, 0) is 42.9 Å². The van der Waals surface area contributed by atoms with E-state index in [1.54, 1.807) is 0 Å². The third-order valence-corrected chi connectivity index (χ3v) is 5.23. The van der Waals surface area contributed by atoms with Crippen LogP contribution in [0.15, 0.2) is 0 Å². The Morgan fingerprint density at radius 3 is 1.83 bits per heavy atom. The summed E-state index contributed by atoms with van der Waals surface area (Å²) in [5, 5.41) is 8.82. The Balaban J connectivity index is 1.65. The lowest BCUT2D eigenvalue weighted by Crippen LogP contribution is -2.21. The van der Waals surface area contributed by atoms with Crippen LogP contribution in [0.1, 0.15) is 71.1 Å². The molecule has 2 heteroatoms. The minimum absolute atomic E-state index is 0.396. The summed E-state index contributed by atoms with van der Waals surface area (Å²) in [6, 6.07) is 0. The lowest BCUT2D eigenvalue weighted by molar-refractivity contribution is -0.138. The molecule has 2 aliphatic carbocycles. The van der Waals surface area contributed by atoms with Gasteiger partial charge in [-0.3, -0.25) is 4.79 Å². The number of hydrogen-bond acceptors (Lipinski definition) is 1. The predicted octanol–water partition coefficient (Wildman–Crippen LogP) is 4.48. The minimum atomic E-state index is -0.611. The zero-order valence-electron chi connectivity index (χ0n) is 11.7. The van der Waals surface area contributed by atoms with Gasteiger partial charge in [-0.1, -0.05) is 45.4 Å². The first kappa shape index (κ1) is 13.9. The Morgan fingerprint density at radius 1 is 0.889 bits per heavy atom. The molecular weight excluding hydrogens is 224 g/mol. The molecule has 0 aromatic carbocycles. The van der Waals surface area contributed by atoms with Crippen LogP contribution in [-0.2, 0) is 4.79 Å². The fraction of sp³-hybridized carbons (Fsp3) is 0.938. The van der Waals surface area contributed by atoms with E-state index >= 15 is 0 Å². The molecule has 0 radical (unpaired) electrons. The Morgan fingerprint density at radius 2 is 1.33 bits per heavy atom. The average molecular weight is 252 g/mol. The van der Waals surface area contributed by atoms with E-state index in [0.29, 0.717) is 12.3 Å². The molecule has 0 bridgehead atoms. The third-order valence-electron chi connectivity index (χ3n) is 5.23. The summed E-state index contributed by atoms with van der Waals surface area (Å²) < 4.78 is 0. The topological polar surface area (TPSA) is 37.3 Å². The Bertz CT molecular complexity index is 258. The largest absolute Gasteiger partial charge is 0.481 e. The quantitative estimate of drug-likeness (QED) is 0.800. The van der Waals surface area contributed by atoms with Crippen LogP contribution in [0.2, 0.25) is 0 Å². The maximum atomic E-state index is 10.7. The molecule has 2 nitrogen and oxygen atoms in total. The maximum absolute atomic E-state index is 10.7. The number of rotatable bonds is 4. The Hall–Kier alpha value is -0.530. The van der Waals surface area contributed by atoms with Gasteiger partial charge in [0.1, 0.15) is 0 Å². The fourth-order valence-electron chi connectivity index (χ4n) is 3.95. The molecule has 0 atom stereocenters. The summed E-state index contributed by atoms with van der Waals surface area (Å²) >= 11 is 0. The van der Waals surface area contributed by atoms with Gasteiger partial charge in [-0.25, -0.2) is 0 Å². The highest BCUT2D eigenvalue weighted by Gasteiger charge is 2.26. The first-order valence-corrected chi connectivity index (χ1v) is 7.85. The van der Waals surface area contributed by atoms with Crippen molar-refractivity contribution in [1.82, 2.24) is 0 Å². The van der Waals surface area contributed by atoms with E-state index in [2.05, 4.69) is 6.92 Å². The molecule has 0 spiro atoms. The van der Waals surface area contributed by atoms with E-state index in [0.717, 1.165) is 30.6 Å². The molecule has 2 aliphatic rings. The normalized spacial score (nSPS) is 37.4. The van der Waals surface area contributed by atoms with Crippen molar-refractivity contribution in [3.63, 3.8) is 0 Å². The molecule has 104 valence electrons. The number of hydrogen-bond donors (Lipinski definition) is 1. The molecule has 2 fully saturated rings. The van der Waals surface area contributed by atoms with Crippen LogP contribution < -0.4 is 0 Å². The summed E-state index contributed by atoms with van der Waals surface area (Å²) in [4.78, 5) is 10.7. The molecule has 1 N–H and O–H groups in total. The van der Waals surface area contributed by atoms with Crippen LogP contribution in [0.25, 0.3) is 0 Å². The smallest absolute Gasteiger partial charge is 0.303 e. The molecule has 0 heterocycles.